The third-order valence-electron chi connectivity index (χ3n) is 0.375. The molecule has 0 aromatic carbocycles. The van der Waals surface area contributed by atoms with E-state index in [0.717, 1.165) is 0 Å². The molecule has 0 unspecified atom stereocenters. The van der Waals surface area contributed by atoms with Crippen LogP contribution in [0.15, 0.2) is 0 Å². The maximum absolute atomic E-state index is 6.26. The SMILES string of the molecule is [Cl-].[NH-]CC[NH-].[NH-]CC[NH-].[NH-]CC[NH-].[Rh+3]. The van der Waals surface area contributed by atoms with Crippen molar-refractivity contribution in [2.24, 2.45) is 0 Å². The minimum atomic E-state index is 0. The van der Waals surface area contributed by atoms with Crippen molar-refractivity contribution in [1.29, 1.82) is 0 Å². The fourth-order valence-corrected chi connectivity index (χ4v) is 0. The van der Waals surface area contributed by atoms with Crippen molar-refractivity contribution in [3.05, 3.63) is 34.4 Å². The average molecular weight is 313 g/mol. The number of halogens is 1. The van der Waals surface area contributed by atoms with Crippen LogP contribution in [0.5, 0.6) is 0 Å². The summed E-state index contributed by atoms with van der Waals surface area (Å²) in [5.41, 5.74) is 37.6. The maximum atomic E-state index is 6.26. The Kier molecular flexibility index (Phi) is 103. The Bertz CT molecular complexity index is 37.8. The second kappa shape index (κ2) is 49.3. The van der Waals surface area contributed by atoms with Gasteiger partial charge in [0.2, 0.25) is 0 Å². The van der Waals surface area contributed by atoms with Crippen molar-refractivity contribution in [1.82, 2.24) is 0 Å². The van der Waals surface area contributed by atoms with Gasteiger partial charge in [0, 0.05) is 0 Å². The molecule has 0 amide bonds. The van der Waals surface area contributed by atoms with E-state index < -0.39 is 0 Å². The van der Waals surface area contributed by atoms with Gasteiger partial charge < -0.3 is 46.8 Å². The molecule has 0 saturated heterocycles. The normalized spacial score (nSPS) is 6.43. The zero-order valence-corrected chi connectivity index (χ0v) is 10.3. The van der Waals surface area contributed by atoms with E-state index in [9.17, 15) is 0 Å². The summed E-state index contributed by atoms with van der Waals surface area (Å²) < 4.78 is 0. The molecule has 0 atom stereocenters. The van der Waals surface area contributed by atoms with E-state index in [2.05, 4.69) is 0 Å². The zero-order chi connectivity index (χ0) is 10.2. The summed E-state index contributed by atoms with van der Waals surface area (Å²) in [6.45, 7) is 1.42. The molecule has 0 aromatic heterocycles. The summed E-state index contributed by atoms with van der Waals surface area (Å²) >= 11 is 0. The Morgan fingerprint density at radius 1 is 0.429 bits per heavy atom. The van der Waals surface area contributed by atoms with E-state index in [-0.39, 0.29) is 71.2 Å². The van der Waals surface area contributed by atoms with Crippen LogP contribution in [0.3, 0.4) is 0 Å². The van der Waals surface area contributed by atoms with E-state index in [1.54, 1.807) is 0 Å². The van der Waals surface area contributed by atoms with Gasteiger partial charge in [-0.15, -0.1) is 0 Å². The first-order valence-corrected chi connectivity index (χ1v) is 3.62. The van der Waals surface area contributed by atoms with Crippen molar-refractivity contribution in [2.75, 3.05) is 39.3 Å². The Balaban J connectivity index is -0.0000000270. The van der Waals surface area contributed by atoms with Crippen LogP contribution in [-0.4, -0.2) is 39.3 Å². The number of nitrogens with one attached hydrogen (secondary N) is 6. The fourth-order valence-electron chi connectivity index (χ4n) is 0. The van der Waals surface area contributed by atoms with Crippen LogP contribution in [0.2, 0.25) is 0 Å². The molecule has 14 heavy (non-hydrogen) atoms. The minimum Gasteiger partial charge on any atom is -1.00 e. The Labute approximate surface area is 106 Å². The first kappa shape index (κ1) is 29.3. The van der Waals surface area contributed by atoms with E-state index in [0.29, 0.717) is 0 Å². The van der Waals surface area contributed by atoms with Crippen LogP contribution in [0.1, 0.15) is 0 Å². The van der Waals surface area contributed by atoms with E-state index in [1.165, 1.54) is 0 Å². The number of hydrogen-bond acceptors (Lipinski definition) is 0. The average Bonchev–Trinajstić information content (AvgIpc) is 2.18. The van der Waals surface area contributed by atoms with Crippen molar-refractivity contribution >= 4 is 0 Å². The van der Waals surface area contributed by atoms with Crippen LogP contribution < -0.4 is 12.4 Å². The Hall–Kier alpha value is 0.673. The monoisotopic (exact) mass is 312 g/mol. The summed E-state index contributed by atoms with van der Waals surface area (Å²) in [4.78, 5) is 0. The zero-order valence-electron chi connectivity index (χ0n) is 7.95. The molecule has 0 aliphatic rings. The minimum absolute atomic E-state index is 0. The van der Waals surface area contributed by atoms with Crippen molar-refractivity contribution in [3.63, 3.8) is 0 Å². The van der Waals surface area contributed by atoms with Crippen LogP contribution in [0.25, 0.3) is 34.4 Å². The van der Waals surface area contributed by atoms with Gasteiger partial charge >= 0.3 is 19.5 Å². The molecule has 0 radical (unpaired) electrons. The number of hydrogen-bond donors (Lipinski definition) is 0. The summed E-state index contributed by atoms with van der Waals surface area (Å²) in [7, 11) is 0. The molecule has 0 bridgehead atoms. The van der Waals surface area contributed by atoms with Gasteiger partial charge in [0.1, 0.15) is 0 Å². The second-order valence-electron chi connectivity index (χ2n) is 1.50. The second-order valence-corrected chi connectivity index (χ2v) is 1.50. The summed E-state index contributed by atoms with van der Waals surface area (Å²) in [6, 6.07) is 0. The molecule has 0 saturated carbocycles. The van der Waals surface area contributed by atoms with Crippen LogP contribution in [0.4, 0.5) is 0 Å². The van der Waals surface area contributed by atoms with Gasteiger partial charge in [0.15, 0.2) is 0 Å². The molecule has 0 aliphatic heterocycles. The van der Waals surface area contributed by atoms with Gasteiger partial charge in [-0.25, -0.2) is 0 Å². The molecule has 0 aliphatic carbocycles. The molecule has 6 N–H and O–H groups in total. The number of rotatable bonds is 3. The molecule has 0 aromatic rings. The van der Waals surface area contributed by atoms with Crippen LogP contribution in [0, 0.1) is 0 Å². The standard InChI is InChI=1S/3C2H6N2.ClH.Rh/c3*3-1-2-4;;/h3*3-4H,1-2H2;1H;/q3*-2;;+3/p-1. The van der Waals surface area contributed by atoms with Gasteiger partial charge in [-0.05, 0) is 0 Å². The summed E-state index contributed by atoms with van der Waals surface area (Å²) in [5.74, 6) is 0. The van der Waals surface area contributed by atoms with Gasteiger partial charge in [-0.3, -0.25) is 0 Å². The van der Waals surface area contributed by atoms with Crippen molar-refractivity contribution < 1.29 is 31.9 Å². The predicted octanol–water partition coefficient (Wildman–Crippen LogP) is 0.274. The predicted molar refractivity (Wildman–Crippen MR) is 55.1 cm³/mol. The van der Waals surface area contributed by atoms with Crippen molar-refractivity contribution in [3.8, 4) is 0 Å². The third kappa shape index (κ3) is 128. The van der Waals surface area contributed by atoms with Gasteiger partial charge in [-0.2, -0.15) is 39.3 Å². The topological polar surface area (TPSA) is 143 Å². The first-order valence-electron chi connectivity index (χ1n) is 3.62. The van der Waals surface area contributed by atoms with E-state index >= 15 is 0 Å². The molecular formula is C6H18ClN6Rh-4. The van der Waals surface area contributed by atoms with Crippen molar-refractivity contribution in [2.45, 2.75) is 0 Å². The first-order chi connectivity index (χ1) is 5.74. The molecular weight excluding hydrogens is 294 g/mol. The molecule has 0 spiro atoms. The Morgan fingerprint density at radius 3 is 0.500 bits per heavy atom. The molecule has 0 heterocycles. The van der Waals surface area contributed by atoms with E-state index in [1.807, 2.05) is 0 Å². The van der Waals surface area contributed by atoms with E-state index in [4.69, 9.17) is 34.4 Å². The molecule has 0 fully saturated rings. The largest absolute Gasteiger partial charge is 3.00 e. The molecule has 92 valence electrons. The Morgan fingerprint density at radius 2 is 0.500 bits per heavy atom. The van der Waals surface area contributed by atoms with Crippen LogP contribution >= 0.6 is 0 Å². The fraction of sp³-hybridized carbons (Fsp3) is 1.00. The molecule has 6 nitrogen and oxygen atoms in total. The quantitative estimate of drug-likeness (QED) is 0.659. The maximum Gasteiger partial charge on any atom is 3.00 e. The molecule has 0 rings (SSSR count). The summed E-state index contributed by atoms with van der Waals surface area (Å²) in [5, 5.41) is 0. The third-order valence-corrected chi connectivity index (χ3v) is 0.375. The van der Waals surface area contributed by atoms with Gasteiger partial charge in [-0.1, -0.05) is 0 Å². The van der Waals surface area contributed by atoms with Gasteiger partial charge in [0.25, 0.3) is 0 Å². The van der Waals surface area contributed by atoms with Gasteiger partial charge in [0.05, 0.1) is 0 Å². The molecule has 8 heteroatoms. The smallest absolute Gasteiger partial charge is 1.00 e. The van der Waals surface area contributed by atoms with Crippen LogP contribution in [-0.2, 0) is 19.5 Å². The summed E-state index contributed by atoms with van der Waals surface area (Å²) in [6.07, 6.45) is 0.